The monoisotopic (exact) mass is 234 g/mol. The maximum absolute atomic E-state index is 12.0. The Labute approximate surface area is 98.5 Å². The van der Waals surface area contributed by atoms with E-state index in [4.69, 9.17) is 0 Å². The lowest BCUT2D eigenvalue weighted by Gasteiger charge is -2.17. The van der Waals surface area contributed by atoms with E-state index in [-0.39, 0.29) is 5.78 Å². The lowest BCUT2D eigenvalue weighted by atomic mass is 10.1. The number of nitrogens with zero attached hydrogens (tertiary/aromatic N) is 2. The molecule has 0 fully saturated rings. The number of hydrogen-bond acceptors (Lipinski definition) is 3. The van der Waals surface area contributed by atoms with Gasteiger partial charge in [-0.1, -0.05) is 43.4 Å². The summed E-state index contributed by atoms with van der Waals surface area (Å²) in [6.07, 6.45) is 0. The van der Waals surface area contributed by atoms with Gasteiger partial charge < -0.3 is 4.67 Å². The van der Waals surface area contributed by atoms with Crippen molar-refractivity contribution in [2.75, 3.05) is 7.05 Å². The molecule has 0 aliphatic heterocycles. The van der Waals surface area contributed by atoms with Crippen LogP contribution in [0, 0.1) is 0 Å². The maximum atomic E-state index is 12.0. The summed E-state index contributed by atoms with van der Waals surface area (Å²) in [5.74, 6) is 0.00194. The number of rotatable bonds is 4. The van der Waals surface area contributed by atoms with Gasteiger partial charge in [-0.3, -0.25) is 4.79 Å². The molecule has 0 aliphatic rings. The van der Waals surface area contributed by atoms with Gasteiger partial charge in [0.2, 0.25) is 5.78 Å². The van der Waals surface area contributed by atoms with Crippen LogP contribution in [0.3, 0.4) is 0 Å². The van der Waals surface area contributed by atoms with Crippen molar-refractivity contribution in [1.82, 2.24) is 4.67 Å². The van der Waals surface area contributed by atoms with Gasteiger partial charge in [-0.2, -0.15) is 5.10 Å². The van der Waals surface area contributed by atoms with Crippen LogP contribution in [-0.4, -0.2) is 32.2 Å². The summed E-state index contributed by atoms with van der Waals surface area (Å²) >= 11 is 0. The summed E-state index contributed by atoms with van der Waals surface area (Å²) in [4.78, 5) is 12.0. The van der Waals surface area contributed by atoms with E-state index < -0.39 is 8.96 Å². The van der Waals surface area contributed by atoms with Crippen LogP contribution < -0.4 is 0 Å². The highest BCUT2D eigenvalue weighted by atomic mass is 28.3. The van der Waals surface area contributed by atoms with E-state index in [1.807, 2.05) is 42.1 Å². The summed E-state index contributed by atoms with van der Waals surface area (Å²) in [6.45, 7) is 6.11. The lowest BCUT2D eigenvalue weighted by Crippen LogP contribution is -2.27. The molecule has 0 saturated heterocycles. The summed E-state index contributed by atoms with van der Waals surface area (Å²) in [6, 6.07) is 9.25. The zero-order valence-electron chi connectivity index (χ0n) is 10.3. The van der Waals surface area contributed by atoms with Crippen molar-refractivity contribution in [2.24, 2.45) is 5.10 Å². The Morgan fingerprint density at radius 2 is 1.81 bits per heavy atom. The molecule has 1 rings (SSSR count). The number of benzene rings is 1. The fourth-order valence-electron chi connectivity index (χ4n) is 1.20. The van der Waals surface area contributed by atoms with Crippen LogP contribution in [0.15, 0.2) is 35.4 Å². The first-order chi connectivity index (χ1) is 7.52. The minimum absolute atomic E-state index is 0.00194. The lowest BCUT2D eigenvalue weighted by molar-refractivity contribution is 0.106. The normalized spacial score (nSPS) is 11.7. The Bertz CT molecular complexity index is 387. The number of ketones is 1. The largest absolute Gasteiger partial charge is 0.331 e. The molecule has 4 heteroatoms. The third kappa shape index (κ3) is 3.31. The van der Waals surface area contributed by atoms with E-state index in [1.54, 1.807) is 6.92 Å². The molecule has 0 heterocycles. The van der Waals surface area contributed by atoms with Crippen LogP contribution in [0.4, 0.5) is 0 Å². The SMILES string of the molecule is CC(=NN(C)[SiH](C)C)C(=O)c1ccccc1. The van der Waals surface area contributed by atoms with Gasteiger partial charge in [0.05, 0.1) is 0 Å². The van der Waals surface area contributed by atoms with Crippen LogP contribution in [0.1, 0.15) is 17.3 Å². The van der Waals surface area contributed by atoms with Gasteiger partial charge in [0.25, 0.3) is 0 Å². The second kappa shape index (κ2) is 5.60. The highest BCUT2D eigenvalue weighted by Crippen LogP contribution is 2.02. The van der Waals surface area contributed by atoms with Gasteiger partial charge in [0.15, 0.2) is 8.96 Å². The Morgan fingerprint density at radius 1 is 1.25 bits per heavy atom. The zero-order chi connectivity index (χ0) is 12.1. The first-order valence-electron chi connectivity index (χ1n) is 5.40. The summed E-state index contributed by atoms with van der Waals surface area (Å²) in [5.41, 5.74) is 1.25. The van der Waals surface area contributed by atoms with E-state index in [1.165, 1.54) is 0 Å². The third-order valence-corrected chi connectivity index (χ3v) is 4.03. The van der Waals surface area contributed by atoms with Gasteiger partial charge in [-0.05, 0) is 6.92 Å². The van der Waals surface area contributed by atoms with Gasteiger partial charge >= 0.3 is 0 Å². The molecule has 0 aromatic heterocycles. The first kappa shape index (κ1) is 12.6. The Kier molecular flexibility index (Phi) is 4.43. The quantitative estimate of drug-likeness (QED) is 0.346. The number of Topliss-reactive ketones (excluding diaryl/α,β-unsaturated/α-hetero) is 1. The predicted octanol–water partition coefficient (Wildman–Crippen LogP) is 2.16. The molecule has 0 bridgehead atoms. The smallest absolute Gasteiger partial charge is 0.208 e. The molecule has 0 atom stereocenters. The second-order valence-electron chi connectivity index (χ2n) is 4.05. The number of hydrogen-bond donors (Lipinski definition) is 0. The van der Waals surface area contributed by atoms with Crippen LogP contribution in [0.25, 0.3) is 0 Å². The van der Waals surface area contributed by atoms with E-state index in [0.29, 0.717) is 11.3 Å². The molecule has 1 aromatic rings. The molecular formula is C12H18N2OSi. The van der Waals surface area contributed by atoms with Crippen molar-refractivity contribution in [3.05, 3.63) is 35.9 Å². The number of carbonyl (C=O) groups excluding carboxylic acids is 1. The number of carbonyl (C=O) groups is 1. The van der Waals surface area contributed by atoms with Gasteiger partial charge in [-0.15, -0.1) is 0 Å². The molecule has 0 saturated carbocycles. The van der Waals surface area contributed by atoms with Gasteiger partial charge in [-0.25, -0.2) is 0 Å². The highest BCUT2D eigenvalue weighted by molar-refractivity contribution is 6.53. The van der Waals surface area contributed by atoms with Crippen molar-refractivity contribution in [3.8, 4) is 0 Å². The van der Waals surface area contributed by atoms with Crippen molar-refractivity contribution in [3.63, 3.8) is 0 Å². The topological polar surface area (TPSA) is 32.7 Å². The van der Waals surface area contributed by atoms with Crippen LogP contribution in [0.2, 0.25) is 13.1 Å². The summed E-state index contributed by atoms with van der Waals surface area (Å²) in [7, 11) is 0.967. The highest BCUT2D eigenvalue weighted by Gasteiger charge is 2.10. The maximum Gasteiger partial charge on any atom is 0.208 e. The first-order valence-corrected chi connectivity index (χ1v) is 8.22. The fourth-order valence-corrected chi connectivity index (χ4v) is 1.60. The van der Waals surface area contributed by atoms with Crippen molar-refractivity contribution in [2.45, 2.75) is 20.0 Å². The van der Waals surface area contributed by atoms with Crippen LogP contribution >= 0.6 is 0 Å². The van der Waals surface area contributed by atoms with Gasteiger partial charge in [0.1, 0.15) is 5.71 Å². The predicted molar refractivity (Wildman–Crippen MR) is 70.5 cm³/mol. The second-order valence-corrected chi connectivity index (χ2v) is 6.98. The van der Waals surface area contributed by atoms with Crippen molar-refractivity contribution < 1.29 is 4.79 Å². The molecule has 1 aromatic carbocycles. The fraction of sp³-hybridized carbons (Fsp3) is 0.333. The zero-order valence-corrected chi connectivity index (χ0v) is 11.4. The minimum atomic E-state index is -0.962. The van der Waals surface area contributed by atoms with E-state index in [2.05, 4.69) is 18.2 Å². The summed E-state index contributed by atoms with van der Waals surface area (Å²) in [5, 5.41) is 4.31. The van der Waals surface area contributed by atoms with Gasteiger partial charge in [0, 0.05) is 12.6 Å². The minimum Gasteiger partial charge on any atom is -0.331 e. The molecular weight excluding hydrogens is 216 g/mol. The van der Waals surface area contributed by atoms with E-state index in [9.17, 15) is 4.79 Å². The molecule has 0 radical (unpaired) electrons. The van der Waals surface area contributed by atoms with Crippen LogP contribution in [-0.2, 0) is 0 Å². The number of hydrazone groups is 1. The van der Waals surface area contributed by atoms with Crippen LogP contribution in [0.5, 0.6) is 0 Å². The summed E-state index contributed by atoms with van der Waals surface area (Å²) < 4.78 is 1.93. The Morgan fingerprint density at radius 3 is 2.31 bits per heavy atom. The standard InChI is InChI=1S/C12H18N2OSi/c1-10(13-14(2)16(3)4)12(15)11-8-6-5-7-9-11/h5-9,16H,1-4H3. The molecule has 0 spiro atoms. The molecule has 16 heavy (non-hydrogen) atoms. The molecule has 0 N–H and O–H groups in total. The average molecular weight is 234 g/mol. The van der Waals surface area contributed by atoms with E-state index >= 15 is 0 Å². The molecule has 86 valence electrons. The van der Waals surface area contributed by atoms with Crippen molar-refractivity contribution in [1.29, 1.82) is 0 Å². The molecule has 0 aliphatic carbocycles. The molecule has 3 nitrogen and oxygen atoms in total. The Balaban J connectivity index is 2.83. The molecule has 0 amide bonds. The average Bonchev–Trinajstić information content (AvgIpc) is 2.28. The molecule has 0 unspecified atom stereocenters. The van der Waals surface area contributed by atoms with E-state index in [0.717, 1.165) is 0 Å². The Hall–Kier alpha value is -1.42. The third-order valence-electron chi connectivity index (χ3n) is 2.42. The van der Waals surface area contributed by atoms with Crippen molar-refractivity contribution >= 4 is 20.5 Å².